The van der Waals surface area contributed by atoms with Gasteiger partial charge in [0.15, 0.2) is 0 Å². The highest BCUT2D eigenvalue weighted by Gasteiger charge is 2.52. The van der Waals surface area contributed by atoms with Crippen molar-refractivity contribution in [2.75, 3.05) is 0 Å². The number of rotatable bonds is 0. The summed E-state index contributed by atoms with van der Waals surface area (Å²) in [6.45, 7) is 8.51. The fourth-order valence-corrected chi connectivity index (χ4v) is 3.91. The second-order valence-electron chi connectivity index (χ2n) is 7.03. The van der Waals surface area contributed by atoms with E-state index in [1.54, 1.807) is 0 Å². The van der Waals surface area contributed by atoms with Gasteiger partial charge in [0, 0.05) is 0 Å². The molecule has 0 aromatic rings. The van der Waals surface area contributed by atoms with Crippen molar-refractivity contribution in [3.63, 3.8) is 0 Å². The maximum Gasteiger partial charge on any atom is 0.0619 e. The molecule has 0 unspecified atom stereocenters. The second kappa shape index (κ2) is 3.21. The molecule has 2 nitrogen and oxygen atoms in total. The monoisotopic (exact) mass is 212 g/mol. The molecule has 0 spiro atoms. The van der Waals surface area contributed by atoms with Crippen LogP contribution in [0.5, 0.6) is 0 Å². The number of hydrogen-bond donors (Lipinski definition) is 2. The molecule has 15 heavy (non-hydrogen) atoms. The molecule has 2 saturated carbocycles. The van der Waals surface area contributed by atoms with Gasteiger partial charge in [0.1, 0.15) is 0 Å². The number of aliphatic hydroxyl groups is 2. The van der Waals surface area contributed by atoms with E-state index in [4.69, 9.17) is 0 Å². The lowest BCUT2D eigenvalue weighted by molar-refractivity contribution is -0.150. The molecule has 88 valence electrons. The average molecular weight is 212 g/mol. The molecular weight excluding hydrogens is 188 g/mol. The zero-order chi connectivity index (χ0) is 11.4. The largest absolute Gasteiger partial charge is 0.392 e. The van der Waals surface area contributed by atoms with Crippen LogP contribution in [0.15, 0.2) is 0 Å². The van der Waals surface area contributed by atoms with Crippen molar-refractivity contribution in [1.82, 2.24) is 0 Å². The van der Waals surface area contributed by atoms with E-state index in [0.717, 1.165) is 19.3 Å². The highest BCUT2D eigenvalue weighted by molar-refractivity contribution is 5.02. The fraction of sp³-hybridized carbons (Fsp3) is 1.00. The van der Waals surface area contributed by atoms with Gasteiger partial charge in [-0.2, -0.15) is 0 Å². The highest BCUT2D eigenvalue weighted by atomic mass is 16.3. The van der Waals surface area contributed by atoms with Crippen LogP contribution in [0.4, 0.5) is 0 Å². The summed E-state index contributed by atoms with van der Waals surface area (Å²) in [4.78, 5) is 0. The van der Waals surface area contributed by atoms with Gasteiger partial charge in [0.05, 0.1) is 12.2 Å². The van der Waals surface area contributed by atoms with E-state index in [2.05, 4.69) is 27.7 Å². The molecule has 0 radical (unpaired) electrons. The normalized spacial score (nSPS) is 47.6. The molecule has 2 aliphatic carbocycles. The maximum absolute atomic E-state index is 10.3. The van der Waals surface area contributed by atoms with Crippen LogP contribution in [0, 0.1) is 22.7 Å². The Labute approximate surface area is 92.7 Å². The van der Waals surface area contributed by atoms with Crippen LogP contribution >= 0.6 is 0 Å². The lowest BCUT2D eigenvalue weighted by Gasteiger charge is -2.54. The third kappa shape index (κ3) is 1.72. The van der Waals surface area contributed by atoms with Crippen LogP contribution in [-0.4, -0.2) is 22.4 Å². The standard InChI is InChI=1S/C13H24O2/c1-12(2)6-8-5-9(10(12)14)7-13(3,4)11(8)15/h8-11,14-15H,5-7H2,1-4H3/t8-,9-,10-,11-/m1/s1. The van der Waals surface area contributed by atoms with Gasteiger partial charge in [-0.1, -0.05) is 27.7 Å². The van der Waals surface area contributed by atoms with Gasteiger partial charge in [-0.25, -0.2) is 0 Å². The Hall–Kier alpha value is -0.0800. The SMILES string of the molecule is CC1(C)C[C@H]2C[C@H](CC(C)(C)[C@@H]2O)[C@H]1O. The summed E-state index contributed by atoms with van der Waals surface area (Å²) in [6, 6.07) is 0. The first-order valence-electron chi connectivity index (χ1n) is 6.10. The van der Waals surface area contributed by atoms with Gasteiger partial charge in [0.25, 0.3) is 0 Å². The summed E-state index contributed by atoms with van der Waals surface area (Å²) in [5, 5.41) is 20.6. The second-order valence-corrected chi connectivity index (χ2v) is 7.03. The summed E-state index contributed by atoms with van der Waals surface area (Å²) >= 11 is 0. The molecule has 2 bridgehead atoms. The quantitative estimate of drug-likeness (QED) is 0.646. The topological polar surface area (TPSA) is 40.5 Å². The Morgan fingerprint density at radius 2 is 1.13 bits per heavy atom. The molecule has 0 aliphatic heterocycles. The molecule has 2 fully saturated rings. The first kappa shape index (κ1) is 11.4. The predicted octanol–water partition coefficient (Wildman–Crippen LogP) is 2.19. The molecule has 0 aromatic carbocycles. The Morgan fingerprint density at radius 3 is 1.47 bits per heavy atom. The lowest BCUT2D eigenvalue weighted by atomic mass is 9.54. The van der Waals surface area contributed by atoms with E-state index in [9.17, 15) is 10.2 Å². The van der Waals surface area contributed by atoms with E-state index >= 15 is 0 Å². The number of aliphatic hydroxyl groups excluding tert-OH is 2. The molecule has 0 amide bonds. The lowest BCUT2D eigenvalue weighted by Crippen LogP contribution is -2.54. The summed E-state index contributed by atoms with van der Waals surface area (Å²) in [7, 11) is 0. The van der Waals surface area contributed by atoms with Crippen molar-refractivity contribution >= 4 is 0 Å². The van der Waals surface area contributed by atoms with E-state index in [1.807, 2.05) is 0 Å². The molecule has 2 aliphatic rings. The summed E-state index contributed by atoms with van der Waals surface area (Å²) in [5.74, 6) is 0.772. The minimum atomic E-state index is -0.194. The first-order chi connectivity index (χ1) is 6.74. The van der Waals surface area contributed by atoms with Gasteiger partial charge in [-0.15, -0.1) is 0 Å². The summed E-state index contributed by atoms with van der Waals surface area (Å²) < 4.78 is 0. The summed E-state index contributed by atoms with van der Waals surface area (Å²) in [5.41, 5.74) is -0.0455. The van der Waals surface area contributed by atoms with Crippen LogP contribution in [0.1, 0.15) is 47.0 Å². The first-order valence-corrected chi connectivity index (χ1v) is 6.10. The van der Waals surface area contributed by atoms with Crippen LogP contribution in [0.3, 0.4) is 0 Å². The number of hydrogen-bond acceptors (Lipinski definition) is 2. The van der Waals surface area contributed by atoms with Crippen LogP contribution < -0.4 is 0 Å². The van der Waals surface area contributed by atoms with Gasteiger partial charge in [0.2, 0.25) is 0 Å². The molecule has 2 heteroatoms. The van der Waals surface area contributed by atoms with E-state index in [-0.39, 0.29) is 23.0 Å². The highest BCUT2D eigenvalue weighted by Crippen LogP contribution is 2.53. The Bertz CT molecular complexity index is 231. The molecular formula is C13H24O2. The van der Waals surface area contributed by atoms with E-state index in [1.165, 1.54) is 0 Å². The van der Waals surface area contributed by atoms with Crippen molar-refractivity contribution in [3.05, 3.63) is 0 Å². The molecule has 2 rings (SSSR count). The van der Waals surface area contributed by atoms with Gasteiger partial charge in [-0.05, 0) is 41.9 Å². The van der Waals surface area contributed by atoms with Crippen LogP contribution in [0.2, 0.25) is 0 Å². The van der Waals surface area contributed by atoms with E-state index < -0.39 is 0 Å². The molecule has 0 aromatic heterocycles. The fourth-order valence-electron chi connectivity index (χ4n) is 3.91. The third-order valence-electron chi connectivity index (χ3n) is 4.68. The maximum atomic E-state index is 10.3. The van der Waals surface area contributed by atoms with Gasteiger partial charge in [-0.3, -0.25) is 0 Å². The minimum absolute atomic E-state index is 0.0228. The smallest absolute Gasteiger partial charge is 0.0619 e. The van der Waals surface area contributed by atoms with E-state index in [0.29, 0.717) is 11.8 Å². The Balaban J connectivity index is 2.25. The van der Waals surface area contributed by atoms with Crippen molar-refractivity contribution in [1.29, 1.82) is 0 Å². The third-order valence-corrected chi connectivity index (χ3v) is 4.68. The molecule has 2 N–H and O–H groups in total. The Morgan fingerprint density at radius 1 is 0.800 bits per heavy atom. The number of fused-ring (bicyclic) bond motifs is 2. The van der Waals surface area contributed by atoms with Crippen molar-refractivity contribution in [2.45, 2.75) is 59.2 Å². The minimum Gasteiger partial charge on any atom is -0.392 e. The van der Waals surface area contributed by atoms with Gasteiger partial charge >= 0.3 is 0 Å². The van der Waals surface area contributed by atoms with Crippen molar-refractivity contribution in [2.24, 2.45) is 22.7 Å². The van der Waals surface area contributed by atoms with Crippen LogP contribution in [-0.2, 0) is 0 Å². The zero-order valence-electron chi connectivity index (χ0n) is 10.3. The van der Waals surface area contributed by atoms with Crippen LogP contribution in [0.25, 0.3) is 0 Å². The molecule has 0 saturated heterocycles. The average Bonchev–Trinajstić information content (AvgIpc) is 2.09. The summed E-state index contributed by atoms with van der Waals surface area (Å²) in [6.07, 6.45) is 2.53. The molecule has 0 heterocycles. The predicted molar refractivity (Wildman–Crippen MR) is 60.4 cm³/mol. The van der Waals surface area contributed by atoms with Crippen molar-refractivity contribution < 1.29 is 10.2 Å². The molecule has 4 atom stereocenters. The van der Waals surface area contributed by atoms with Crippen molar-refractivity contribution in [3.8, 4) is 0 Å². The zero-order valence-corrected chi connectivity index (χ0v) is 10.3. The van der Waals surface area contributed by atoms with Gasteiger partial charge < -0.3 is 10.2 Å². The Kier molecular flexibility index (Phi) is 2.44.